The Morgan fingerprint density at radius 3 is 2.44 bits per heavy atom. The molecule has 0 aliphatic heterocycles. The van der Waals surface area contributed by atoms with Gasteiger partial charge >= 0.3 is 0 Å². The van der Waals surface area contributed by atoms with Gasteiger partial charge in [-0.2, -0.15) is 0 Å². The predicted molar refractivity (Wildman–Crippen MR) is 77.2 cm³/mol. The van der Waals surface area contributed by atoms with E-state index >= 15 is 0 Å². The second-order valence-electron chi connectivity index (χ2n) is 5.59. The molecule has 0 heterocycles. The highest BCUT2D eigenvalue weighted by Gasteiger charge is 2.30. The minimum atomic E-state index is 0.317. The van der Waals surface area contributed by atoms with Crippen molar-refractivity contribution < 1.29 is 4.74 Å². The Bertz CT molecular complexity index is 193. The van der Waals surface area contributed by atoms with Gasteiger partial charge in [0.15, 0.2) is 0 Å². The summed E-state index contributed by atoms with van der Waals surface area (Å²) in [5.74, 6) is 6.47. The van der Waals surface area contributed by atoms with E-state index in [0.29, 0.717) is 18.1 Å². The fourth-order valence-electron chi connectivity index (χ4n) is 3.19. The highest BCUT2D eigenvalue weighted by Crippen LogP contribution is 2.30. The molecule has 3 nitrogen and oxygen atoms in total. The fourth-order valence-corrected chi connectivity index (χ4v) is 3.19. The molecule has 0 aromatic rings. The van der Waals surface area contributed by atoms with Crippen molar-refractivity contribution in [2.24, 2.45) is 11.8 Å². The molecule has 0 spiro atoms. The quantitative estimate of drug-likeness (QED) is 0.378. The monoisotopic (exact) mass is 256 g/mol. The molecule has 3 heteroatoms. The minimum Gasteiger partial charge on any atom is -0.377 e. The molecule has 1 saturated carbocycles. The van der Waals surface area contributed by atoms with Gasteiger partial charge in [-0.15, -0.1) is 0 Å². The van der Waals surface area contributed by atoms with Crippen LogP contribution in [0.2, 0.25) is 0 Å². The molecule has 2 unspecified atom stereocenters. The molecule has 3 N–H and O–H groups in total. The number of unbranched alkanes of at least 4 members (excludes halogenated alkanes) is 2. The van der Waals surface area contributed by atoms with E-state index in [-0.39, 0.29) is 0 Å². The molecule has 0 aromatic heterocycles. The molecular formula is C15H32N2O. The standard InChI is InChI=1S/C15H32N2O/c1-3-5-7-12-14(17-16)15(18-4-2)13-10-8-6-9-11-13/h13-15,17H,3-12,16H2,1-2H3. The second-order valence-corrected chi connectivity index (χ2v) is 5.59. The molecule has 1 aliphatic carbocycles. The van der Waals surface area contributed by atoms with Crippen molar-refractivity contribution in [2.75, 3.05) is 6.61 Å². The van der Waals surface area contributed by atoms with Gasteiger partial charge in [-0.3, -0.25) is 11.3 Å². The van der Waals surface area contributed by atoms with Crippen LogP contribution in [0.4, 0.5) is 0 Å². The van der Waals surface area contributed by atoms with Crippen LogP contribution >= 0.6 is 0 Å². The summed E-state index contributed by atoms with van der Waals surface area (Å²) in [4.78, 5) is 0. The summed E-state index contributed by atoms with van der Waals surface area (Å²) in [6, 6.07) is 0.333. The highest BCUT2D eigenvalue weighted by atomic mass is 16.5. The number of hydrazine groups is 1. The first-order chi connectivity index (χ1) is 8.83. The third-order valence-corrected chi connectivity index (χ3v) is 4.20. The molecule has 1 rings (SSSR count). The lowest BCUT2D eigenvalue weighted by molar-refractivity contribution is -0.0198. The lowest BCUT2D eigenvalue weighted by Crippen LogP contribution is -2.49. The van der Waals surface area contributed by atoms with Crippen LogP contribution in [0.25, 0.3) is 0 Å². The molecule has 108 valence electrons. The maximum atomic E-state index is 6.02. The van der Waals surface area contributed by atoms with Gasteiger partial charge in [0.1, 0.15) is 0 Å². The predicted octanol–water partition coefficient (Wildman–Crippen LogP) is 3.38. The number of hydrogen-bond acceptors (Lipinski definition) is 3. The van der Waals surface area contributed by atoms with E-state index in [2.05, 4.69) is 19.3 Å². The Kier molecular flexibility index (Phi) is 8.64. The van der Waals surface area contributed by atoms with E-state index in [4.69, 9.17) is 10.6 Å². The molecular weight excluding hydrogens is 224 g/mol. The average Bonchev–Trinajstić information content (AvgIpc) is 2.43. The average molecular weight is 256 g/mol. The van der Waals surface area contributed by atoms with Crippen molar-refractivity contribution in [3.8, 4) is 0 Å². The first-order valence-electron chi connectivity index (χ1n) is 7.91. The smallest absolute Gasteiger partial charge is 0.0769 e. The Morgan fingerprint density at radius 1 is 1.17 bits per heavy atom. The van der Waals surface area contributed by atoms with Gasteiger partial charge in [0.25, 0.3) is 0 Å². The van der Waals surface area contributed by atoms with E-state index in [1.54, 1.807) is 0 Å². The number of nitrogens with two attached hydrogens (primary N) is 1. The van der Waals surface area contributed by atoms with Crippen LogP contribution in [0.5, 0.6) is 0 Å². The van der Waals surface area contributed by atoms with Crippen LogP contribution in [0, 0.1) is 5.92 Å². The SMILES string of the molecule is CCCCCC(NN)C(OCC)C1CCCCC1. The first-order valence-corrected chi connectivity index (χ1v) is 7.91. The van der Waals surface area contributed by atoms with Gasteiger partial charge in [-0.1, -0.05) is 45.4 Å². The Morgan fingerprint density at radius 2 is 1.89 bits per heavy atom. The van der Waals surface area contributed by atoms with Crippen LogP contribution in [-0.4, -0.2) is 18.8 Å². The summed E-state index contributed by atoms with van der Waals surface area (Å²) in [6.45, 7) is 5.13. The van der Waals surface area contributed by atoms with Crippen LogP contribution < -0.4 is 11.3 Å². The zero-order chi connectivity index (χ0) is 13.2. The summed E-state index contributed by atoms with van der Waals surface area (Å²) in [7, 11) is 0. The fraction of sp³-hybridized carbons (Fsp3) is 1.00. The Labute approximate surface area is 113 Å². The van der Waals surface area contributed by atoms with Crippen LogP contribution in [0.1, 0.15) is 71.6 Å². The lowest BCUT2D eigenvalue weighted by atomic mass is 9.81. The molecule has 18 heavy (non-hydrogen) atoms. The van der Waals surface area contributed by atoms with Crippen LogP contribution in [-0.2, 0) is 4.74 Å². The normalized spacial score (nSPS) is 20.8. The van der Waals surface area contributed by atoms with Crippen molar-refractivity contribution in [3.63, 3.8) is 0 Å². The minimum absolute atomic E-state index is 0.317. The second kappa shape index (κ2) is 9.76. The molecule has 0 bridgehead atoms. The van der Waals surface area contributed by atoms with E-state index in [0.717, 1.165) is 13.0 Å². The number of nitrogens with one attached hydrogen (secondary N) is 1. The van der Waals surface area contributed by atoms with Gasteiger partial charge < -0.3 is 4.74 Å². The van der Waals surface area contributed by atoms with Crippen molar-refractivity contribution in [3.05, 3.63) is 0 Å². The van der Waals surface area contributed by atoms with Crippen molar-refractivity contribution in [1.82, 2.24) is 5.43 Å². The summed E-state index contributed by atoms with van der Waals surface area (Å²) in [6.07, 6.45) is 12.0. The van der Waals surface area contributed by atoms with Gasteiger partial charge in [0.2, 0.25) is 0 Å². The van der Waals surface area contributed by atoms with Crippen molar-refractivity contribution in [1.29, 1.82) is 0 Å². The summed E-state index contributed by atoms with van der Waals surface area (Å²) >= 11 is 0. The zero-order valence-electron chi connectivity index (χ0n) is 12.3. The summed E-state index contributed by atoms with van der Waals surface area (Å²) < 4.78 is 6.02. The van der Waals surface area contributed by atoms with Crippen molar-refractivity contribution in [2.45, 2.75) is 83.8 Å². The first kappa shape index (κ1) is 15.9. The van der Waals surface area contributed by atoms with Gasteiger partial charge in [0.05, 0.1) is 6.10 Å². The van der Waals surface area contributed by atoms with Gasteiger partial charge in [-0.05, 0) is 32.1 Å². The Hall–Kier alpha value is -0.120. The van der Waals surface area contributed by atoms with E-state index in [1.165, 1.54) is 51.4 Å². The number of hydrogen-bond donors (Lipinski definition) is 2. The molecule has 1 aliphatic rings. The third-order valence-electron chi connectivity index (χ3n) is 4.20. The van der Waals surface area contributed by atoms with Crippen LogP contribution in [0.15, 0.2) is 0 Å². The Balaban J connectivity index is 2.49. The lowest BCUT2D eigenvalue weighted by Gasteiger charge is -2.35. The molecule has 0 aromatic carbocycles. The van der Waals surface area contributed by atoms with E-state index in [9.17, 15) is 0 Å². The largest absolute Gasteiger partial charge is 0.377 e. The number of rotatable bonds is 9. The number of ether oxygens (including phenoxy) is 1. The summed E-state index contributed by atoms with van der Waals surface area (Å²) in [5.41, 5.74) is 3.02. The van der Waals surface area contributed by atoms with Gasteiger partial charge in [0, 0.05) is 12.6 Å². The van der Waals surface area contributed by atoms with Crippen LogP contribution in [0.3, 0.4) is 0 Å². The zero-order valence-corrected chi connectivity index (χ0v) is 12.3. The van der Waals surface area contributed by atoms with E-state index < -0.39 is 0 Å². The van der Waals surface area contributed by atoms with Gasteiger partial charge in [-0.25, -0.2) is 0 Å². The van der Waals surface area contributed by atoms with E-state index in [1.807, 2.05) is 0 Å². The summed E-state index contributed by atoms with van der Waals surface area (Å²) in [5, 5.41) is 0. The third kappa shape index (κ3) is 5.25. The molecule has 2 atom stereocenters. The molecule has 0 radical (unpaired) electrons. The maximum Gasteiger partial charge on any atom is 0.0769 e. The topological polar surface area (TPSA) is 47.3 Å². The molecule has 0 saturated heterocycles. The highest BCUT2D eigenvalue weighted by molar-refractivity contribution is 4.83. The molecule has 1 fully saturated rings. The maximum absolute atomic E-state index is 6.02. The van der Waals surface area contributed by atoms with Crippen molar-refractivity contribution >= 4 is 0 Å². The molecule has 0 amide bonds.